The molecule has 0 spiro atoms. The van der Waals surface area contributed by atoms with Crippen molar-refractivity contribution < 1.29 is 99.5 Å². The van der Waals surface area contributed by atoms with E-state index in [1.165, 1.54) is 137 Å². The minimum atomic E-state index is -6.44. The maximum atomic E-state index is 13.5. The van der Waals surface area contributed by atoms with Gasteiger partial charge in [0.1, 0.15) is 28.7 Å². The van der Waals surface area contributed by atoms with Crippen LogP contribution >= 0.6 is 0 Å². The van der Waals surface area contributed by atoms with E-state index in [4.69, 9.17) is 18.9 Å². The topological polar surface area (TPSA) is 128 Å². The summed E-state index contributed by atoms with van der Waals surface area (Å²) in [7, 11) is 0. The number of aryl methyl sites for hydroxylation is 2. The Kier molecular flexibility index (Phi) is 31.8. The summed E-state index contributed by atoms with van der Waals surface area (Å²) >= 11 is 0. The lowest BCUT2D eigenvalue weighted by Gasteiger charge is -2.28. The molecule has 11 nitrogen and oxygen atoms in total. The summed E-state index contributed by atoms with van der Waals surface area (Å²) in [5, 5.41) is 0.862. The van der Waals surface area contributed by atoms with E-state index in [0.29, 0.717) is 41.5 Å². The van der Waals surface area contributed by atoms with Crippen molar-refractivity contribution >= 4 is 22.7 Å². The van der Waals surface area contributed by atoms with Crippen LogP contribution in [0.1, 0.15) is 169 Å². The number of hydrogen-bond acceptors (Lipinski definition) is 11. The highest BCUT2D eigenvalue weighted by atomic mass is 19.4. The normalized spacial score (nSPS) is 12.4. The maximum Gasteiger partial charge on any atom is 0.460 e. The van der Waals surface area contributed by atoms with Crippen molar-refractivity contribution in [1.82, 2.24) is 15.0 Å². The lowest BCUT2D eigenvalue weighted by atomic mass is 10.0. The summed E-state index contributed by atoms with van der Waals surface area (Å²) in [4.78, 5) is 37.8. The minimum Gasteiger partial charge on any atom is -0.494 e. The molecule has 0 aliphatic heterocycles. The van der Waals surface area contributed by atoms with E-state index >= 15 is 0 Å². The molecule has 7 rings (SSSR count). The highest BCUT2D eigenvalue weighted by Gasteiger charge is 2.74. The van der Waals surface area contributed by atoms with Gasteiger partial charge >= 0.3 is 48.0 Å². The van der Waals surface area contributed by atoms with Crippen molar-refractivity contribution in [3.05, 3.63) is 162 Å². The first-order valence-electron chi connectivity index (χ1n) is 32.6. The Bertz CT molecular complexity index is 3470. The molecule has 25 heteroatoms. The molecule has 1 atom stereocenters. The van der Waals surface area contributed by atoms with Crippen molar-refractivity contribution in [2.75, 3.05) is 26.4 Å². The number of nitrogens with zero attached hydrogens (tertiary/aromatic N) is 3. The van der Waals surface area contributed by atoms with Crippen molar-refractivity contribution in [3.63, 3.8) is 0 Å². The smallest absolute Gasteiger partial charge is 0.460 e. The van der Waals surface area contributed by atoms with Crippen LogP contribution in [0.4, 0.5) is 61.5 Å². The van der Waals surface area contributed by atoms with Gasteiger partial charge in [-0.05, 0) is 140 Å². The predicted octanol–water partition coefficient (Wildman–Crippen LogP) is 21.9. The van der Waals surface area contributed by atoms with E-state index < -0.39 is 66.9 Å². The molecule has 0 bridgehead atoms. The molecule has 1 unspecified atom stereocenters. The molecule has 2 heterocycles. The summed E-state index contributed by atoms with van der Waals surface area (Å²) < 4.78 is 210. The number of unbranched alkanes of at least 4 members (excludes halogenated alkanes) is 12. The Hall–Kier alpha value is -8.25. The first-order chi connectivity index (χ1) is 46.4. The van der Waals surface area contributed by atoms with E-state index in [-0.39, 0.29) is 28.4 Å². The van der Waals surface area contributed by atoms with Crippen molar-refractivity contribution in [3.8, 4) is 46.0 Å². The van der Waals surface area contributed by atoms with Crippen LogP contribution in [-0.2, 0) is 6.42 Å². The van der Waals surface area contributed by atoms with E-state index in [0.717, 1.165) is 80.2 Å². The summed E-state index contributed by atoms with van der Waals surface area (Å²) in [6, 6.07) is 29.9. The Balaban J connectivity index is 0.000000279. The van der Waals surface area contributed by atoms with E-state index in [2.05, 4.69) is 83.3 Å². The number of carbonyl (C=O) groups excluding carboxylic acids is 2. The average Bonchev–Trinajstić information content (AvgIpc) is 0.786. The second-order valence-electron chi connectivity index (χ2n) is 23.6. The number of rotatable bonds is 36. The largest absolute Gasteiger partial charge is 0.494 e. The molecule has 5 aromatic carbocycles. The van der Waals surface area contributed by atoms with Gasteiger partial charge in [0.15, 0.2) is 19.0 Å². The van der Waals surface area contributed by atoms with Crippen LogP contribution in [0.25, 0.3) is 22.2 Å². The number of ether oxygens (including phenoxy) is 6. The zero-order valence-corrected chi connectivity index (χ0v) is 55.3. The van der Waals surface area contributed by atoms with Gasteiger partial charge < -0.3 is 28.4 Å². The molecule has 0 saturated heterocycles. The van der Waals surface area contributed by atoms with E-state index in [9.17, 15) is 71.1 Å². The number of carbonyl (C=O) groups is 2. The summed E-state index contributed by atoms with van der Waals surface area (Å²) in [6.07, 6.45) is 13.9. The average molecular weight is 1400 g/mol. The Morgan fingerprint density at radius 2 is 0.867 bits per heavy atom. The number of alkyl halides is 14. The summed E-state index contributed by atoms with van der Waals surface area (Å²) in [5.41, 5.74) is 3.98. The molecule has 0 amide bonds. The van der Waals surface area contributed by atoms with Crippen LogP contribution in [0.2, 0.25) is 0 Å². The Morgan fingerprint density at radius 1 is 0.429 bits per heavy atom. The quantitative estimate of drug-likeness (QED) is 0.0161. The van der Waals surface area contributed by atoms with Gasteiger partial charge in [0.05, 0.1) is 24.3 Å². The van der Waals surface area contributed by atoms with Crippen LogP contribution in [0.3, 0.4) is 0 Å². The summed E-state index contributed by atoms with van der Waals surface area (Å²) in [6.45, 7) is 7.49. The van der Waals surface area contributed by atoms with Gasteiger partial charge in [0.2, 0.25) is 5.88 Å². The third-order valence-electron chi connectivity index (χ3n) is 15.4. The highest BCUT2D eigenvalue weighted by Crippen LogP contribution is 2.48. The third-order valence-corrected chi connectivity index (χ3v) is 15.4. The molecule has 0 aliphatic rings. The van der Waals surface area contributed by atoms with Crippen LogP contribution in [0.5, 0.6) is 34.6 Å². The molecule has 0 radical (unpaired) electrons. The van der Waals surface area contributed by atoms with Gasteiger partial charge in [-0.25, -0.2) is 24.5 Å². The third kappa shape index (κ3) is 25.9. The van der Waals surface area contributed by atoms with Gasteiger partial charge in [-0.3, -0.25) is 0 Å². The standard InChI is InChI=1S/C31H33F7O4.C23H24F7NO4.C19H26N2/c1-2-3-4-5-6-7-8-9-18-40-25-14-10-22(11-15-25)28(39)42-27-17-13-23-19-26(16-12-24(23)20-27)41-21-29(32,33)30(34,35)31(36,37)38;1-3-15(2)5-4-12-33-19-11-6-16(13-31-19)20(32)35-18-9-7-17(8-10-18)34-14-21(24,25)22(26,27)23(28,29)30;1-3-4-5-6-7-8-9-17-14-20-19(21-15-17)18-12-10-16(2)11-13-18/h10-17,19-20H,2-9,18,21H2,1H3;6-11,13,15H,3-5,12,14H2,1-2H3;10-15H,3-9H2,1-2H3. The van der Waals surface area contributed by atoms with Crippen molar-refractivity contribution in [2.45, 2.75) is 186 Å². The number of esters is 2. The molecule has 98 heavy (non-hydrogen) atoms. The molecule has 0 fully saturated rings. The molecule has 0 saturated carbocycles. The molecule has 536 valence electrons. The van der Waals surface area contributed by atoms with Gasteiger partial charge in [-0.15, -0.1) is 0 Å². The number of pyridine rings is 1. The molecule has 0 aliphatic carbocycles. The zero-order chi connectivity index (χ0) is 72.0. The monoisotopic (exact) mass is 1400 g/mol. The van der Waals surface area contributed by atoms with Gasteiger partial charge in [-0.2, -0.15) is 61.5 Å². The fraction of sp³-hybridized carbons (Fsp3) is 0.466. The molecular weight excluding hydrogens is 1310 g/mol. The highest BCUT2D eigenvalue weighted by molar-refractivity contribution is 5.92. The molecule has 0 N–H and O–H groups in total. The first-order valence-corrected chi connectivity index (χ1v) is 32.6. The number of fused-ring (bicyclic) bond motifs is 1. The van der Waals surface area contributed by atoms with E-state index in [1.54, 1.807) is 24.3 Å². The van der Waals surface area contributed by atoms with Crippen molar-refractivity contribution in [2.24, 2.45) is 5.92 Å². The lowest BCUT2D eigenvalue weighted by Crippen LogP contribution is -2.54. The number of hydrogen-bond donors (Lipinski definition) is 0. The Morgan fingerprint density at radius 3 is 1.40 bits per heavy atom. The fourth-order valence-corrected chi connectivity index (χ4v) is 9.19. The predicted molar refractivity (Wildman–Crippen MR) is 345 cm³/mol. The molecule has 7 aromatic rings. The number of aromatic nitrogens is 3. The molecule has 2 aromatic heterocycles. The minimum absolute atomic E-state index is 0.0555. The lowest BCUT2D eigenvalue weighted by molar-refractivity contribution is -0.358. The van der Waals surface area contributed by atoms with Crippen molar-refractivity contribution in [1.29, 1.82) is 0 Å². The maximum absolute atomic E-state index is 13.5. The van der Waals surface area contributed by atoms with E-state index in [1.807, 2.05) is 12.4 Å². The number of halogens is 14. The van der Waals surface area contributed by atoms with Crippen LogP contribution in [-0.4, -0.2) is 89.4 Å². The van der Waals surface area contributed by atoms with Gasteiger partial charge in [0, 0.05) is 30.2 Å². The Labute approximate surface area is 562 Å². The second-order valence-corrected chi connectivity index (χ2v) is 23.6. The number of benzene rings is 5. The fourth-order valence-electron chi connectivity index (χ4n) is 9.19. The van der Waals surface area contributed by atoms with Crippen LogP contribution in [0.15, 0.2) is 140 Å². The van der Waals surface area contributed by atoms with Crippen LogP contribution < -0.4 is 28.4 Å². The first kappa shape index (κ1) is 80.4. The SMILES string of the molecule is CCC(C)CCCOc1ccc(C(=O)Oc2ccc(OCC(F)(F)C(F)(F)C(F)(F)F)cc2)cn1.CCCCCCCCCCOc1ccc(C(=O)Oc2ccc3cc(OCC(F)(F)C(F)(F)C(F)(F)F)ccc3c2)cc1.CCCCCCCCc1cnc(-c2ccc(C)cc2)nc1. The van der Waals surface area contributed by atoms with Gasteiger partial charge in [-0.1, -0.05) is 153 Å². The molecular formula is C73H83F14N3O8. The van der Waals surface area contributed by atoms with Crippen LogP contribution in [0, 0.1) is 12.8 Å². The van der Waals surface area contributed by atoms with Gasteiger partial charge in [0.25, 0.3) is 0 Å². The summed E-state index contributed by atoms with van der Waals surface area (Å²) in [5.74, 6) is -23.2. The zero-order valence-electron chi connectivity index (χ0n) is 55.3. The second kappa shape index (κ2) is 38.8.